The lowest BCUT2D eigenvalue weighted by atomic mass is 10.1. The number of nitrogens with one attached hydrogen (secondary N) is 1. The molecule has 0 atom stereocenters. The molecule has 0 radical (unpaired) electrons. The molecule has 0 aliphatic heterocycles. The maximum Gasteiger partial charge on any atom is 0.123 e. The molecule has 0 aromatic heterocycles. The third-order valence-electron chi connectivity index (χ3n) is 2.79. The number of methoxy groups -OCH3 is 1. The average Bonchev–Trinajstić information content (AvgIpc) is 2.36. The molecular weight excluding hydrogens is 229 g/mol. The van der Waals surface area contributed by atoms with Gasteiger partial charge in [0, 0.05) is 13.7 Å². The van der Waals surface area contributed by atoms with Crippen molar-refractivity contribution in [1.82, 2.24) is 5.32 Å². The Labute approximate surface area is 109 Å². The largest absolute Gasteiger partial charge is 0.383 e. The first-order valence-corrected chi connectivity index (χ1v) is 6.33. The SMILES string of the molecule is COCCNCC/C=C/Cc1cc(F)ccc1C. The summed E-state index contributed by atoms with van der Waals surface area (Å²) >= 11 is 0. The second-order valence-corrected chi connectivity index (χ2v) is 4.28. The molecule has 0 aliphatic rings. The summed E-state index contributed by atoms with van der Waals surface area (Å²) in [6, 6.07) is 4.93. The zero-order valence-electron chi connectivity index (χ0n) is 11.2. The number of ether oxygens (including phenoxy) is 1. The Morgan fingerprint density at radius 2 is 2.11 bits per heavy atom. The quantitative estimate of drug-likeness (QED) is 0.566. The third-order valence-corrected chi connectivity index (χ3v) is 2.79. The van der Waals surface area contributed by atoms with Gasteiger partial charge in [0.15, 0.2) is 0 Å². The van der Waals surface area contributed by atoms with E-state index in [4.69, 9.17) is 4.74 Å². The zero-order valence-corrected chi connectivity index (χ0v) is 11.2. The summed E-state index contributed by atoms with van der Waals surface area (Å²) in [5.74, 6) is -0.162. The standard InChI is InChI=1S/C15H22FNO/c1-13-7-8-15(16)12-14(13)6-4-3-5-9-17-10-11-18-2/h3-4,7-8,12,17H,5-6,9-11H2,1-2H3/b4-3+. The van der Waals surface area contributed by atoms with Crippen molar-refractivity contribution in [3.8, 4) is 0 Å². The number of rotatable bonds is 8. The lowest BCUT2D eigenvalue weighted by Gasteiger charge is -2.03. The van der Waals surface area contributed by atoms with E-state index in [0.717, 1.165) is 43.7 Å². The Bertz CT molecular complexity index is 377. The van der Waals surface area contributed by atoms with Gasteiger partial charge in [-0.1, -0.05) is 18.2 Å². The molecule has 18 heavy (non-hydrogen) atoms. The summed E-state index contributed by atoms with van der Waals surface area (Å²) in [7, 11) is 1.70. The summed E-state index contributed by atoms with van der Waals surface area (Å²) in [6.45, 7) is 4.58. The van der Waals surface area contributed by atoms with Crippen LogP contribution in [0.25, 0.3) is 0 Å². The Morgan fingerprint density at radius 1 is 1.28 bits per heavy atom. The van der Waals surface area contributed by atoms with Gasteiger partial charge in [-0.05, 0) is 49.6 Å². The number of halogens is 1. The van der Waals surface area contributed by atoms with E-state index in [2.05, 4.69) is 17.5 Å². The monoisotopic (exact) mass is 251 g/mol. The van der Waals surface area contributed by atoms with Crippen LogP contribution in [0.1, 0.15) is 17.5 Å². The van der Waals surface area contributed by atoms with Gasteiger partial charge in [0.05, 0.1) is 6.61 Å². The summed E-state index contributed by atoms with van der Waals surface area (Å²) in [5, 5.41) is 3.27. The fourth-order valence-electron chi connectivity index (χ4n) is 1.67. The Hall–Kier alpha value is -1.19. The van der Waals surface area contributed by atoms with E-state index >= 15 is 0 Å². The van der Waals surface area contributed by atoms with E-state index in [1.807, 2.05) is 13.0 Å². The van der Waals surface area contributed by atoms with Crippen LogP contribution in [-0.4, -0.2) is 26.8 Å². The van der Waals surface area contributed by atoms with E-state index in [0.29, 0.717) is 0 Å². The first kappa shape index (κ1) is 14.9. The average molecular weight is 251 g/mol. The lowest BCUT2D eigenvalue weighted by molar-refractivity contribution is 0.199. The number of aryl methyl sites for hydroxylation is 1. The number of allylic oxidation sites excluding steroid dienone is 1. The van der Waals surface area contributed by atoms with Crippen molar-refractivity contribution in [2.75, 3.05) is 26.8 Å². The van der Waals surface area contributed by atoms with E-state index in [1.165, 1.54) is 6.07 Å². The van der Waals surface area contributed by atoms with Gasteiger partial charge in [-0.3, -0.25) is 0 Å². The fraction of sp³-hybridized carbons (Fsp3) is 0.467. The van der Waals surface area contributed by atoms with Crippen molar-refractivity contribution in [1.29, 1.82) is 0 Å². The van der Waals surface area contributed by atoms with E-state index in [9.17, 15) is 4.39 Å². The molecule has 0 unspecified atom stereocenters. The molecule has 3 heteroatoms. The maximum absolute atomic E-state index is 13.0. The van der Waals surface area contributed by atoms with Gasteiger partial charge in [0.1, 0.15) is 5.82 Å². The van der Waals surface area contributed by atoms with E-state index < -0.39 is 0 Å². The van der Waals surface area contributed by atoms with Crippen molar-refractivity contribution < 1.29 is 9.13 Å². The fourth-order valence-corrected chi connectivity index (χ4v) is 1.67. The zero-order chi connectivity index (χ0) is 13.2. The first-order valence-electron chi connectivity index (χ1n) is 6.33. The molecule has 2 nitrogen and oxygen atoms in total. The highest BCUT2D eigenvalue weighted by Gasteiger charge is 1.97. The van der Waals surface area contributed by atoms with Crippen LogP contribution in [-0.2, 0) is 11.2 Å². The second kappa shape index (κ2) is 8.84. The molecule has 0 bridgehead atoms. The molecule has 0 fully saturated rings. The van der Waals surface area contributed by atoms with Crippen molar-refractivity contribution in [2.24, 2.45) is 0 Å². The van der Waals surface area contributed by atoms with Crippen molar-refractivity contribution >= 4 is 0 Å². The van der Waals surface area contributed by atoms with Crippen LogP contribution in [0.15, 0.2) is 30.4 Å². The smallest absolute Gasteiger partial charge is 0.123 e. The highest BCUT2D eigenvalue weighted by molar-refractivity contribution is 5.28. The lowest BCUT2D eigenvalue weighted by Crippen LogP contribution is -2.19. The molecule has 0 saturated carbocycles. The van der Waals surface area contributed by atoms with Gasteiger partial charge >= 0.3 is 0 Å². The highest BCUT2D eigenvalue weighted by atomic mass is 19.1. The summed E-state index contributed by atoms with van der Waals surface area (Å²) in [4.78, 5) is 0. The minimum absolute atomic E-state index is 0.162. The highest BCUT2D eigenvalue weighted by Crippen LogP contribution is 2.11. The predicted molar refractivity (Wildman–Crippen MR) is 73.3 cm³/mol. The van der Waals surface area contributed by atoms with Gasteiger partial charge in [-0.15, -0.1) is 0 Å². The van der Waals surface area contributed by atoms with Gasteiger partial charge in [0.25, 0.3) is 0 Å². The van der Waals surface area contributed by atoms with E-state index in [-0.39, 0.29) is 5.82 Å². The minimum Gasteiger partial charge on any atom is -0.383 e. The molecule has 1 aromatic rings. The van der Waals surface area contributed by atoms with Crippen LogP contribution < -0.4 is 5.32 Å². The molecule has 0 amide bonds. The van der Waals surface area contributed by atoms with Gasteiger partial charge in [-0.2, -0.15) is 0 Å². The summed E-state index contributed by atoms with van der Waals surface area (Å²) in [6.07, 6.45) is 6.00. The van der Waals surface area contributed by atoms with Gasteiger partial charge in [-0.25, -0.2) is 4.39 Å². The molecule has 0 heterocycles. The molecule has 0 spiro atoms. The van der Waals surface area contributed by atoms with Crippen LogP contribution >= 0.6 is 0 Å². The van der Waals surface area contributed by atoms with Gasteiger partial charge < -0.3 is 10.1 Å². The Balaban J connectivity index is 2.21. The number of benzene rings is 1. The molecular formula is C15H22FNO. The number of hydrogen-bond donors (Lipinski definition) is 1. The van der Waals surface area contributed by atoms with Crippen molar-refractivity contribution in [2.45, 2.75) is 19.8 Å². The minimum atomic E-state index is -0.162. The summed E-state index contributed by atoms with van der Waals surface area (Å²) < 4.78 is 18.0. The van der Waals surface area contributed by atoms with Crippen molar-refractivity contribution in [3.05, 3.63) is 47.3 Å². The molecule has 0 saturated heterocycles. The van der Waals surface area contributed by atoms with Crippen LogP contribution in [0.4, 0.5) is 4.39 Å². The molecule has 1 aromatic carbocycles. The van der Waals surface area contributed by atoms with E-state index in [1.54, 1.807) is 13.2 Å². The van der Waals surface area contributed by atoms with Crippen molar-refractivity contribution in [3.63, 3.8) is 0 Å². The second-order valence-electron chi connectivity index (χ2n) is 4.28. The number of hydrogen-bond acceptors (Lipinski definition) is 2. The Morgan fingerprint density at radius 3 is 2.89 bits per heavy atom. The first-order chi connectivity index (χ1) is 8.74. The van der Waals surface area contributed by atoms with Crippen LogP contribution in [0.2, 0.25) is 0 Å². The maximum atomic E-state index is 13.0. The molecule has 1 rings (SSSR count). The van der Waals surface area contributed by atoms with Crippen LogP contribution in [0, 0.1) is 12.7 Å². The summed E-state index contributed by atoms with van der Waals surface area (Å²) in [5.41, 5.74) is 2.19. The normalized spacial score (nSPS) is 11.3. The Kier molecular flexibility index (Phi) is 7.30. The third kappa shape index (κ3) is 5.94. The molecule has 1 N–H and O–H groups in total. The van der Waals surface area contributed by atoms with Gasteiger partial charge in [0.2, 0.25) is 0 Å². The van der Waals surface area contributed by atoms with Crippen LogP contribution in [0.5, 0.6) is 0 Å². The molecule has 100 valence electrons. The predicted octanol–water partition coefficient (Wildman–Crippen LogP) is 2.86. The topological polar surface area (TPSA) is 21.3 Å². The van der Waals surface area contributed by atoms with Crippen LogP contribution in [0.3, 0.4) is 0 Å². The molecule has 0 aliphatic carbocycles.